The molecule has 1 aromatic carbocycles. The van der Waals surface area contributed by atoms with Gasteiger partial charge in [0.2, 0.25) is 0 Å². The first-order valence-electron chi connectivity index (χ1n) is 7.44. The zero-order chi connectivity index (χ0) is 20.0. The number of aromatic nitrogens is 4. The molecule has 0 atom stereocenters. The van der Waals surface area contributed by atoms with Crippen LogP contribution in [0.3, 0.4) is 0 Å². The Morgan fingerprint density at radius 3 is 2.41 bits per heavy atom. The van der Waals surface area contributed by atoms with Crippen LogP contribution in [0.1, 0.15) is 11.4 Å². The molecule has 2 heterocycles. The van der Waals surface area contributed by atoms with Gasteiger partial charge >= 0.3 is 6.18 Å². The third-order valence-corrected chi connectivity index (χ3v) is 4.90. The highest BCUT2D eigenvalue weighted by molar-refractivity contribution is 7.90. The van der Waals surface area contributed by atoms with E-state index in [9.17, 15) is 21.6 Å². The predicted molar refractivity (Wildman–Crippen MR) is 92.4 cm³/mol. The molecule has 0 saturated heterocycles. The van der Waals surface area contributed by atoms with Gasteiger partial charge in [0.1, 0.15) is 0 Å². The molecule has 0 aliphatic rings. The maximum Gasteiger partial charge on any atom is 0.453 e. The molecular weight excluding hydrogens is 405 g/mol. The van der Waals surface area contributed by atoms with E-state index in [1.165, 1.54) is 12.1 Å². The van der Waals surface area contributed by atoms with Crippen molar-refractivity contribution in [2.45, 2.75) is 18.1 Å². The smallest absolute Gasteiger partial charge is 0.242 e. The van der Waals surface area contributed by atoms with E-state index in [2.05, 4.69) is 15.1 Å². The van der Waals surface area contributed by atoms with Crippen molar-refractivity contribution in [3.8, 4) is 17.1 Å². The lowest BCUT2D eigenvalue weighted by Gasteiger charge is -2.08. The molecule has 0 unspecified atom stereocenters. The average molecular weight is 417 g/mol. The molecule has 0 aliphatic carbocycles. The van der Waals surface area contributed by atoms with Crippen LogP contribution in [-0.2, 0) is 16.0 Å². The molecule has 2 aromatic heterocycles. The molecule has 0 aliphatic heterocycles. The van der Waals surface area contributed by atoms with E-state index in [0.717, 1.165) is 22.7 Å². The van der Waals surface area contributed by atoms with E-state index in [1.54, 1.807) is 25.1 Å². The average Bonchev–Trinajstić information content (AvgIpc) is 3.02. The van der Waals surface area contributed by atoms with E-state index < -0.39 is 21.8 Å². The zero-order valence-corrected chi connectivity index (χ0v) is 15.6. The van der Waals surface area contributed by atoms with E-state index in [-0.39, 0.29) is 27.1 Å². The molecular formula is C16H12ClF3N4O2S. The summed E-state index contributed by atoms with van der Waals surface area (Å²) in [6.45, 7) is 1.76. The number of rotatable bonds is 3. The number of aryl methyl sites for hydroxylation is 1. The summed E-state index contributed by atoms with van der Waals surface area (Å²) in [5.74, 6) is -1.48. The second kappa shape index (κ2) is 6.61. The molecule has 0 radical (unpaired) electrons. The van der Waals surface area contributed by atoms with Crippen molar-refractivity contribution in [1.82, 2.24) is 19.7 Å². The van der Waals surface area contributed by atoms with Crippen molar-refractivity contribution in [3.63, 3.8) is 0 Å². The second-order valence-corrected chi connectivity index (χ2v) is 8.15. The summed E-state index contributed by atoms with van der Waals surface area (Å²) in [6.07, 6.45) is -2.68. The van der Waals surface area contributed by atoms with Gasteiger partial charge in [0.25, 0.3) is 5.82 Å². The van der Waals surface area contributed by atoms with Gasteiger partial charge in [0, 0.05) is 11.8 Å². The first-order chi connectivity index (χ1) is 12.5. The Morgan fingerprint density at radius 2 is 1.85 bits per heavy atom. The Balaban J connectivity index is 2.23. The third kappa shape index (κ3) is 3.96. The molecule has 0 bridgehead atoms. The number of sulfone groups is 1. The molecule has 142 valence electrons. The van der Waals surface area contributed by atoms with Crippen molar-refractivity contribution in [3.05, 3.63) is 52.9 Å². The largest absolute Gasteiger partial charge is 0.453 e. The number of hydrogen-bond acceptors (Lipinski definition) is 5. The normalized spacial score (nSPS) is 12.4. The lowest BCUT2D eigenvalue weighted by atomic mass is 10.1. The van der Waals surface area contributed by atoms with Crippen LogP contribution in [0.25, 0.3) is 17.1 Å². The van der Waals surface area contributed by atoms with Crippen LogP contribution in [0.15, 0.2) is 41.6 Å². The van der Waals surface area contributed by atoms with Crippen LogP contribution in [0.2, 0.25) is 5.02 Å². The Labute approximate surface area is 157 Å². The Morgan fingerprint density at radius 1 is 1.15 bits per heavy atom. The molecule has 6 nitrogen and oxygen atoms in total. The van der Waals surface area contributed by atoms with Gasteiger partial charge in [-0.05, 0) is 31.2 Å². The van der Waals surface area contributed by atoms with Gasteiger partial charge in [0.05, 0.1) is 16.9 Å². The topological polar surface area (TPSA) is 77.7 Å². The summed E-state index contributed by atoms with van der Waals surface area (Å²) in [6, 6.07) is 7.32. The molecule has 0 amide bonds. The summed E-state index contributed by atoms with van der Waals surface area (Å²) >= 11 is 6.14. The van der Waals surface area contributed by atoms with Crippen LogP contribution < -0.4 is 0 Å². The first kappa shape index (κ1) is 19.3. The predicted octanol–water partition coefficient (Wildman–Crippen LogP) is 3.71. The van der Waals surface area contributed by atoms with Crippen molar-refractivity contribution in [1.29, 1.82) is 0 Å². The fraction of sp³-hybridized carbons (Fsp3) is 0.188. The van der Waals surface area contributed by atoms with Crippen molar-refractivity contribution in [2.24, 2.45) is 0 Å². The monoisotopic (exact) mass is 416 g/mol. The summed E-state index contributed by atoms with van der Waals surface area (Å²) < 4.78 is 63.4. The number of hydrogen-bond donors (Lipinski definition) is 0. The van der Waals surface area contributed by atoms with E-state index in [4.69, 9.17) is 11.6 Å². The van der Waals surface area contributed by atoms with Crippen LogP contribution in [-0.4, -0.2) is 34.4 Å². The quantitative estimate of drug-likeness (QED) is 0.650. The summed E-state index contributed by atoms with van der Waals surface area (Å²) in [4.78, 5) is 7.38. The summed E-state index contributed by atoms with van der Waals surface area (Å²) in [7, 11) is -3.55. The maximum atomic E-state index is 13.1. The van der Waals surface area contributed by atoms with Crippen molar-refractivity contribution < 1.29 is 21.6 Å². The Bertz CT molecular complexity index is 1110. The van der Waals surface area contributed by atoms with E-state index in [1.807, 2.05) is 0 Å². The van der Waals surface area contributed by atoms with Gasteiger partial charge in [0.15, 0.2) is 20.7 Å². The van der Waals surface area contributed by atoms with E-state index >= 15 is 0 Å². The van der Waals surface area contributed by atoms with Gasteiger partial charge in [-0.1, -0.05) is 23.2 Å². The highest BCUT2D eigenvalue weighted by Gasteiger charge is 2.37. The summed E-state index contributed by atoms with van der Waals surface area (Å²) in [5.41, 5.74) is 1.13. The highest BCUT2D eigenvalue weighted by atomic mass is 35.5. The van der Waals surface area contributed by atoms with Crippen LogP contribution >= 0.6 is 11.6 Å². The first-order valence-corrected chi connectivity index (χ1v) is 9.71. The molecule has 3 rings (SSSR count). The summed E-state index contributed by atoms with van der Waals surface area (Å²) in [5, 5.41) is 3.51. The highest BCUT2D eigenvalue weighted by Crippen LogP contribution is 2.33. The Hall–Kier alpha value is -2.46. The van der Waals surface area contributed by atoms with Crippen LogP contribution in [0.5, 0.6) is 0 Å². The lowest BCUT2D eigenvalue weighted by molar-refractivity contribution is -0.144. The molecule has 11 heteroatoms. The molecule has 0 spiro atoms. The van der Waals surface area contributed by atoms with Gasteiger partial charge in [-0.2, -0.15) is 13.2 Å². The molecule has 0 fully saturated rings. The molecule has 3 aromatic rings. The number of alkyl halides is 3. The lowest BCUT2D eigenvalue weighted by Crippen LogP contribution is -2.09. The minimum absolute atomic E-state index is 0.109. The molecule has 0 N–H and O–H groups in total. The number of halogens is 4. The van der Waals surface area contributed by atoms with E-state index in [0.29, 0.717) is 0 Å². The standard InChI is InChI=1S/C16H12ClF3N4O2S/c1-9-3-5-12(17)11(7-9)14-22-15(16(18,19)20)23-24(14)10-4-6-13(21-8-10)27(2,25)26/h3-8H,1-2H3. The van der Waals surface area contributed by atoms with Crippen molar-refractivity contribution in [2.75, 3.05) is 6.26 Å². The van der Waals surface area contributed by atoms with Crippen LogP contribution in [0.4, 0.5) is 13.2 Å². The van der Waals surface area contributed by atoms with Gasteiger partial charge in [-0.3, -0.25) is 0 Å². The van der Waals surface area contributed by atoms with Gasteiger partial charge in [-0.15, -0.1) is 5.10 Å². The minimum Gasteiger partial charge on any atom is -0.242 e. The SMILES string of the molecule is Cc1ccc(Cl)c(-c2nc(C(F)(F)F)nn2-c2ccc(S(C)(=O)=O)nc2)c1. The number of benzene rings is 1. The molecule has 0 saturated carbocycles. The van der Waals surface area contributed by atoms with Gasteiger partial charge in [-0.25, -0.2) is 23.1 Å². The fourth-order valence-electron chi connectivity index (χ4n) is 2.31. The number of nitrogens with zero attached hydrogens (tertiary/aromatic N) is 4. The zero-order valence-electron chi connectivity index (χ0n) is 14.0. The van der Waals surface area contributed by atoms with Gasteiger partial charge < -0.3 is 0 Å². The maximum absolute atomic E-state index is 13.1. The molecule has 27 heavy (non-hydrogen) atoms. The fourth-order valence-corrected chi connectivity index (χ4v) is 3.08. The van der Waals surface area contributed by atoms with Crippen LogP contribution in [0, 0.1) is 6.92 Å². The number of pyridine rings is 1. The minimum atomic E-state index is -4.77. The third-order valence-electron chi connectivity index (χ3n) is 3.57. The van der Waals surface area contributed by atoms with Crippen molar-refractivity contribution >= 4 is 21.4 Å². The Kier molecular flexibility index (Phi) is 4.73. The second-order valence-electron chi connectivity index (χ2n) is 5.78.